The van der Waals surface area contributed by atoms with Crippen LogP contribution in [0.15, 0.2) is 11.6 Å². The van der Waals surface area contributed by atoms with Crippen molar-refractivity contribution in [2.24, 2.45) is 52.3 Å². The van der Waals surface area contributed by atoms with E-state index < -0.39 is 0 Å². The fraction of sp³-hybridized carbons (Fsp3) is 0.900. The maximum Gasteiger partial charge on any atom is 0.302 e. The van der Waals surface area contributed by atoms with Crippen LogP contribution in [0.25, 0.3) is 0 Å². The minimum absolute atomic E-state index is 0.104. The largest absolute Gasteiger partial charge is 0.463 e. The molecule has 32 heavy (non-hydrogen) atoms. The molecule has 2 nitrogen and oxygen atoms in total. The predicted molar refractivity (Wildman–Crippen MR) is 133 cm³/mol. The van der Waals surface area contributed by atoms with Crippen molar-refractivity contribution in [3.05, 3.63) is 11.6 Å². The van der Waals surface area contributed by atoms with E-state index in [9.17, 15) is 4.79 Å². The maximum atomic E-state index is 11.5. The molecule has 182 valence electrons. The fourth-order valence-corrected chi connectivity index (χ4v) is 8.85. The van der Waals surface area contributed by atoms with Crippen LogP contribution in [0.3, 0.4) is 0 Å². The number of ether oxygens (including phenoxy) is 1. The van der Waals surface area contributed by atoms with E-state index in [4.69, 9.17) is 4.74 Å². The summed E-state index contributed by atoms with van der Waals surface area (Å²) in [4.78, 5) is 11.5. The van der Waals surface area contributed by atoms with Gasteiger partial charge in [0.15, 0.2) is 0 Å². The molecular weight excluding hydrogens is 392 g/mol. The van der Waals surface area contributed by atoms with Gasteiger partial charge in [0.25, 0.3) is 0 Å². The van der Waals surface area contributed by atoms with Crippen LogP contribution < -0.4 is 0 Å². The molecule has 9 atom stereocenters. The SMILES string of the molecule is CC(=O)O[C@H]1CC[C@@]2(C)C(CC=C3C2CC[C@@]2(C)C3CCC2[C@@H](C)CCC(C)C(C)C)C1. The first kappa shape index (κ1) is 24.3. The molecule has 0 N–H and O–H groups in total. The molecule has 4 aliphatic rings. The van der Waals surface area contributed by atoms with Gasteiger partial charge in [-0.05, 0) is 104 Å². The molecule has 0 spiro atoms. The van der Waals surface area contributed by atoms with Crippen molar-refractivity contribution >= 4 is 5.97 Å². The third kappa shape index (κ3) is 4.22. The fourth-order valence-electron chi connectivity index (χ4n) is 8.85. The number of hydrogen-bond acceptors (Lipinski definition) is 2. The van der Waals surface area contributed by atoms with Crippen LogP contribution >= 0.6 is 0 Å². The van der Waals surface area contributed by atoms with Gasteiger partial charge in [0.1, 0.15) is 6.10 Å². The molecule has 0 radical (unpaired) electrons. The van der Waals surface area contributed by atoms with E-state index >= 15 is 0 Å². The zero-order valence-electron chi connectivity index (χ0n) is 22.1. The third-order valence-electron chi connectivity index (χ3n) is 11.3. The Balaban J connectivity index is 1.47. The van der Waals surface area contributed by atoms with Crippen molar-refractivity contribution in [3.8, 4) is 0 Å². The highest BCUT2D eigenvalue weighted by Gasteiger charge is 2.58. The summed E-state index contributed by atoms with van der Waals surface area (Å²) in [6.45, 7) is 16.6. The summed E-state index contributed by atoms with van der Waals surface area (Å²) < 4.78 is 5.64. The van der Waals surface area contributed by atoms with E-state index in [1.807, 2.05) is 5.57 Å². The van der Waals surface area contributed by atoms with Crippen molar-refractivity contribution in [2.45, 2.75) is 119 Å². The first-order chi connectivity index (χ1) is 15.1. The molecule has 4 aliphatic carbocycles. The summed E-state index contributed by atoms with van der Waals surface area (Å²) in [5, 5.41) is 0. The van der Waals surface area contributed by atoms with Crippen LogP contribution in [0.5, 0.6) is 0 Å². The average molecular weight is 443 g/mol. The molecule has 0 aliphatic heterocycles. The van der Waals surface area contributed by atoms with Crippen LogP contribution in [-0.2, 0) is 9.53 Å². The zero-order chi connectivity index (χ0) is 23.3. The molecule has 2 heteroatoms. The molecule has 4 rings (SSSR count). The molecule has 3 fully saturated rings. The normalized spacial score (nSPS) is 43.0. The van der Waals surface area contributed by atoms with Gasteiger partial charge in [-0.15, -0.1) is 0 Å². The lowest BCUT2D eigenvalue weighted by Gasteiger charge is -2.58. The van der Waals surface area contributed by atoms with Crippen LogP contribution in [0.1, 0.15) is 113 Å². The summed E-state index contributed by atoms with van der Waals surface area (Å²) in [6, 6.07) is 0. The molecule has 0 aromatic heterocycles. The molecule has 0 aromatic carbocycles. The molecular formula is C30H50O2. The lowest BCUT2D eigenvalue weighted by molar-refractivity contribution is -0.152. The summed E-state index contributed by atoms with van der Waals surface area (Å²) >= 11 is 0. The number of hydrogen-bond donors (Lipinski definition) is 0. The Kier molecular flexibility index (Phi) is 6.92. The van der Waals surface area contributed by atoms with Crippen molar-refractivity contribution in [1.29, 1.82) is 0 Å². The van der Waals surface area contributed by atoms with E-state index in [1.165, 1.54) is 51.4 Å². The second kappa shape index (κ2) is 9.10. The smallest absolute Gasteiger partial charge is 0.302 e. The number of fused-ring (bicyclic) bond motifs is 5. The minimum Gasteiger partial charge on any atom is -0.463 e. The summed E-state index contributed by atoms with van der Waals surface area (Å²) in [6.07, 6.45) is 15.9. The number of esters is 1. The minimum atomic E-state index is -0.104. The zero-order valence-corrected chi connectivity index (χ0v) is 22.1. The van der Waals surface area contributed by atoms with Gasteiger partial charge >= 0.3 is 5.97 Å². The lowest BCUT2D eigenvalue weighted by Crippen LogP contribution is -2.50. The van der Waals surface area contributed by atoms with E-state index in [1.54, 1.807) is 6.92 Å². The highest BCUT2D eigenvalue weighted by molar-refractivity contribution is 5.66. The number of carbonyl (C=O) groups excluding carboxylic acids is 1. The quantitative estimate of drug-likeness (QED) is 0.306. The van der Waals surface area contributed by atoms with Gasteiger partial charge in [-0.25, -0.2) is 0 Å². The van der Waals surface area contributed by atoms with Crippen molar-refractivity contribution < 1.29 is 9.53 Å². The van der Waals surface area contributed by atoms with Gasteiger partial charge in [0, 0.05) is 6.92 Å². The average Bonchev–Trinajstić information content (AvgIpc) is 3.08. The Labute approximate surface area is 198 Å². The number of rotatable bonds is 6. The monoisotopic (exact) mass is 442 g/mol. The van der Waals surface area contributed by atoms with Crippen molar-refractivity contribution in [3.63, 3.8) is 0 Å². The van der Waals surface area contributed by atoms with Crippen LogP contribution in [-0.4, -0.2) is 12.1 Å². The summed E-state index contributed by atoms with van der Waals surface area (Å²) in [5.74, 6) is 5.58. The second-order valence-electron chi connectivity index (χ2n) is 13.3. The van der Waals surface area contributed by atoms with Crippen molar-refractivity contribution in [1.82, 2.24) is 0 Å². The van der Waals surface area contributed by atoms with Crippen LogP contribution in [0.4, 0.5) is 0 Å². The molecule has 3 saturated carbocycles. The first-order valence-electron chi connectivity index (χ1n) is 13.9. The standard InChI is InChI=1S/C30H50O2/c1-19(2)20(3)8-9-21(4)26-12-13-27-25-11-10-23-18-24(32-22(5)31)14-16-29(23,6)28(25)15-17-30(26,27)7/h11,19-21,23-24,26-28H,8-10,12-18H2,1-7H3/t20?,21-,23?,24-,26?,27?,28?,29-,30+/m0/s1. The highest BCUT2D eigenvalue weighted by Crippen LogP contribution is 2.67. The van der Waals surface area contributed by atoms with Crippen molar-refractivity contribution in [2.75, 3.05) is 0 Å². The maximum absolute atomic E-state index is 11.5. The van der Waals surface area contributed by atoms with E-state index in [0.717, 1.165) is 48.3 Å². The predicted octanol–water partition coefficient (Wildman–Crippen LogP) is 8.21. The molecule has 0 bridgehead atoms. The number of allylic oxidation sites excluding steroid dienone is 2. The Morgan fingerprint density at radius 3 is 2.38 bits per heavy atom. The van der Waals surface area contributed by atoms with Gasteiger partial charge < -0.3 is 4.74 Å². The van der Waals surface area contributed by atoms with Gasteiger partial charge in [-0.2, -0.15) is 0 Å². The first-order valence-corrected chi connectivity index (χ1v) is 13.9. The molecule has 5 unspecified atom stereocenters. The topological polar surface area (TPSA) is 26.3 Å². The second-order valence-corrected chi connectivity index (χ2v) is 13.3. The Morgan fingerprint density at radius 2 is 1.69 bits per heavy atom. The highest BCUT2D eigenvalue weighted by atomic mass is 16.5. The Hall–Kier alpha value is -0.790. The molecule has 0 saturated heterocycles. The third-order valence-corrected chi connectivity index (χ3v) is 11.3. The molecule has 0 amide bonds. The Bertz CT molecular complexity index is 722. The number of carbonyl (C=O) groups is 1. The summed E-state index contributed by atoms with van der Waals surface area (Å²) in [5.41, 5.74) is 2.79. The van der Waals surface area contributed by atoms with E-state index in [-0.39, 0.29) is 12.1 Å². The van der Waals surface area contributed by atoms with Gasteiger partial charge in [-0.1, -0.05) is 66.0 Å². The van der Waals surface area contributed by atoms with Gasteiger partial charge in [-0.3, -0.25) is 4.79 Å². The molecule has 0 aromatic rings. The summed E-state index contributed by atoms with van der Waals surface area (Å²) in [7, 11) is 0. The Morgan fingerprint density at radius 1 is 1.00 bits per heavy atom. The van der Waals surface area contributed by atoms with Crippen LogP contribution in [0, 0.1) is 52.3 Å². The van der Waals surface area contributed by atoms with Gasteiger partial charge in [0.2, 0.25) is 0 Å². The van der Waals surface area contributed by atoms with E-state index in [0.29, 0.717) is 16.7 Å². The van der Waals surface area contributed by atoms with E-state index in [2.05, 4.69) is 47.6 Å². The van der Waals surface area contributed by atoms with Gasteiger partial charge in [0.05, 0.1) is 0 Å². The molecule has 0 heterocycles. The lowest BCUT2D eigenvalue weighted by atomic mass is 9.47. The van der Waals surface area contributed by atoms with Crippen LogP contribution in [0.2, 0.25) is 0 Å².